The monoisotopic (exact) mass is 270 g/mol. The van der Waals surface area contributed by atoms with Crippen LogP contribution in [0.1, 0.15) is 33.6 Å². The first-order valence-corrected chi connectivity index (χ1v) is 6.91. The van der Waals surface area contributed by atoms with Crippen LogP contribution in [0.25, 0.3) is 0 Å². The van der Waals surface area contributed by atoms with Gasteiger partial charge in [0.05, 0.1) is 11.1 Å². The fourth-order valence-corrected chi connectivity index (χ4v) is 4.12. The number of fused-ring (bicyclic) bond motifs is 2. The third-order valence-electron chi connectivity index (χ3n) is 5.01. The first-order valence-electron chi connectivity index (χ1n) is 6.91. The van der Waals surface area contributed by atoms with E-state index >= 15 is 0 Å². The Balaban J connectivity index is 1.97. The van der Waals surface area contributed by atoms with Crippen LogP contribution in [0.4, 0.5) is 0 Å². The van der Waals surface area contributed by atoms with Crippen LogP contribution in [-0.2, 0) is 0 Å². The van der Waals surface area contributed by atoms with E-state index in [1.165, 1.54) is 12.1 Å². The van der Waals surface area contributed by atoms with E-state index in [2.05, 4.69) is 0 Å². The third kappa shape index (κ3) is 1.26. The molecule has 0 aliphatic heterocycles. The van der Waals surface area contributed by atoms with Gasteiger partial charge in [-0.25, -0.2) is 0 Å². The lowest BCUT2D eigenvalue weighted by Gasteiger charge is -2.45. The summed E-state index contributed by atoms with van der Waals surface area (Å²) >= 11 is 0. The Hall–Kier alpha value is -2.10. The normalized spacial score (nSPS) is 34.0. The number of hydrogen-bond donors (Lipinski definition) is 2. The minimum Gasteiger partial charge on any atom is -0.507 e. The topological polar surface area (TPSA) is 74.6 Å². The SMILES string of the molecule is O=C1c2c(O)ccc(O)c2C(=O)C2C3C=CC(CC3)C12. The molecule has 1 aromatic carbocycles. The van der Waals surface area contributed by atoms with E-state index in [1.807, 2.05) is 12.2 Å². The minimum atomic E-state index is -0.369. The molecule has 20 heavy (non-hydrogen) atoms. The summed E-state index contributed by atoms with van der Waals surface area (Å²) in [6.07, 6.45) is 5.89. The van der Waals surface area contributed by atoms with Crippen LogP contribution in [0.5, 0.6) is 11.5 Å². The molecular weight excluding hydrogens is 256 g/mol. The first kappa shape index (κ1) is 11.7. The Kier molecular flexibility index (Phi) is 2.18. The van der Waals surface area contributed by atoms with Crippen molar-refractivity contribution in [1.82, 2.24) is 0 Å². The standard InChI is InChI=1S/C16H14O4/c17-9-5-6-10(18)14-13(9)15(19)11-7-1-2-8(4-3-7)12(11)16(14)20/h1-2,5-8,11-12,17-18H,3-4H2. The highest BCUT2D eigenvalue weighted by molar-refractivity contribution is 6.19. The number of carbonyl (C=O) groups excluding carboxylic acids is 2. The number of rotatable bonds is 0. The lowest BCUT2D eigenvalue weighted by Crippen LogP contribution is -2.48. The maximum atomic E-state index is 12.7. The predicted molar refractivity (Wildman–Crippen MR) is 70.8 cm³/mol. The summed E-state index contributed by atoms with van der Waals surface area (Å²) in [5, 5.41) is 19.9. The van der Waals surface area contributed by atoms with Gasteiger partial charge in [-0.15, -0.1) is 0 Å². The number of phenols is 2. The fraction of sp³-hybridized carbons (Fsp3) is 0.375. The summed E-state index contributed by atoms with van der Waals surface area (Å²) in [5.41, 5.74) is 0.0226. The van der Waals surface area contributed by atoms with Gasteiger partial charge in [0.25, 0.3) is 0 Å². The van der Waals surface area contributed by atoms with Crippen LogP contribution in [0.3, 0.4) is 0 Å². The largest absolute Gasteiger partial charge is 0.507 e. The zero-order chi connectivity index (χ0) is 14.0. The number of phenolic OH excluding ortho intramolecular Hbond substituents is 2. The summed E-state index contributed by atoms with van der Waals surface area (Å²) in [6.45, 7) is 0. The van der Waals surface area contributed by atoms with Crippen LogP contribution in [0.15, 0.2) is 24.3 Å². The van der Waals surface area contributed by atoms with Crippen LogP contribution < -0.4 is 0 Å². The van der Waals surface area contributed by atoms with E-state index in [1.54, 1.807) is 0 Å². The lowest BCUT2D eigenvalue weighted by molar-refractivity contribution is 0.0514. The second-order valence-corrected chi connectivity index (χ2v) is 5.92. The van der Waals surface area contributed by atoms with Crippen molar-refractivity contribution < 1.29 is 19.8 Å². The molecule has 2 N–H and O–H groups in total. The van der Waals surface area contributed by atoms with Gasteiger partial charge in [-0.3, -0.25) is 9.59 Å². The Labute approximate surface area is 115 Å². The molecule has 102 valence electrons. The summed E-state index contributed by atoms with van der Waals surface area (Å²) in [6, 6.07) is 2.55. The molecule has 0 radical (unpaired) electrons. The van der Waals surface area contributed by atoms with E-state index in [0.29, 0.717) is 0 Å². The molecule has 0 amide bonds. The van der Waals surface area contributed by atoms with Gasteiger partial charge in [0.15, 0.2) is 11.6 Å². The molecule has 4 heteroatoms. The molecule has 4 unspecified atom stereocenters. The lowest BCUT2D eigenvalue weighted by atomic mass is 9.56. The van der Waals surface area contributed by atoms with Gasteiger partial charge in [-0.05, 0) is 36.8 Å². The van der Waals surface area contributed by atoms with Gasteiger partial charge in [-0.1, -0.05) is 12.2 Å². The molecule has 4 aliphatic rings. The molecule has 4 aliphatic carbocycles. The van der Waals surface area contributed by atoms with Crippen molar-refractivity contribution in [3.8, 4) is 11.5 Å². The van der Waals surface area contributed by atoms with Gasteiger partial charge in [0.2, 0.25) is 0 Å². The number of allylic oxidation sites excluding steroid dienone is 2. The number of hydrogen-bond acceptors (Lipinski definition) is 4. The van der Waals surface area contributed by atoms with Crippen molar-refractivity contribution in [2.45, 2.75) is 12.8 Å². The van der Waals surface area contributed by atoms with Gasteiger partial charge in [-0.2, -0.15) is 0 Å². The van der Waals surface area contributed by atoms with E-state index in [-0.39, 0.29) is 57.9 Å². The molecule has 1 aromatic rings. The molecule has 0 heterocycles. The number of carbonyl (C=O) groups is 2. The van der Waals surface area contributed by atoms with Crippen molar-refractivity contribution in [3.05, 3.63) is 35.4 Å². The quantitative estimate of drug-likeness (QED) is 0.560. The summed E-state index contributed by atoms with van der Waals surface area (Å²) in [4.78, 5) is 25.4. The van der Waals surface area contributed by atoms with Crippen molar-refractivity contribution in [2.24, 2.45) is 23.7 Å². The first-order chi connectivity index (χ1) is 9.59. The maximum Gasteiger partial charge on any atom is 0.171 e. The number of benzene rings is 1. The zero-order valence-electron chi connectivity index (χ0n) is 10.7. The number of ketones is 2. The Morgan fingerprint density at radius 3 is 1.55 bits per heavy atom. The second kappa shape index (κ2) is 3.72. The summed E-state index contributed by atoms with van der Waals surface area (Å²) < 4.78 is 0. The molecule has 0 spiro atoms. The highest BCUT2D eigenvalue weighted by Gasteiger charge is 2.53. The van der Waals surface area contributed by atoms with E-state index in [4.69, 9.17) is 0 Å². The van der Waals surface area contributed by atoms with Crippen molar-refractivity contribution in [1.29, 1.82) is 0 Å². The number of Topliss-reactive ketones (excluding diaryl/α,β-unsaturated/α-hetero) is 2. The number of aromatic hydroxyl groups is 2. The molecule has 5 rings (SSSR count). The maximum absolute atomic E-state index is 12.7. The smallest absolute Gasteiger partial charge is 0.171 e. The zero-order valence-corrected chi connectivity index (χ0v) is 10.7. The van der Waals surface area contributed by atoms with Crippen LogP contribution >= 0.6 is 0 Å². The third-order valence-corrected chi connectivity index (χ3v) is 5.01. The molecule has 0 aromatic heterocycles. The second-order valence-electron chi connectivity index (χ2n) is 5.92. The van der Waals surface area contributed by atoms with Gasteiger partial charge < -0.3 is 10.2 Å². The van der Waals surface area contributed by atoms with Crippen molar-refractivity contribution >= 4 is 11.6 Å². The Bertz CT molecular complexity index is 616. The molecule has 0 saturated heterocycles. The van der Waals surface area contributed by atoms with Crippen LogP contribution in [-0.4, -0.2) is 21.8 Å². The molecule has 4 atom stereocenters. The molecule has 2 bridgehead atoms. The highest BCUT2D eigenvalue weighted by Crippen LogP contribution is 2.52. The van der Waals surface area contributed by atoms with E-state index in [9.17, 15) is 19.8 Å². The van der Waals surface area contributed by atoms with E-state index in [0.717, 1.165) is 12.8 Å². The Morgan fingerprint density at radius 1 is 0.800 bits per heavy atom. The van der Waals surface area contributed by atoms with Crippen molar-refractivity contribution in [2.75, 3.05) is 0 Å². The van der Waals surface area contributed by atoms with Crippen LogP contribution in [0, 0.1) is 23.7 Å². The summed E-state index contributed by atoms with van der Waals surface area (Å²) in [7, 11) is 0. The highest BCUT2D eigenvalue weighted by atomic mass is 16.3. The van der Waals surface area contributed by atoms with Crippen LogP contribution in [0.2, 0.25) is 0 Å². The van der Waals surface area contributed by atoms with Crippen molar-refractivity contribution in [3.63, 3.8) is 0 Å². The average Bonchev–Trinajstić information content (AvgIpc) is 2.47. The predicted octanol–water partition coefficient (Wildman–Crippen LogP) is 2.31. The van der Waals surface area contributed by atoms with Gasteiger partial charge >= 0.3 is 0 Å². The Morgan fingerprint density at radius 2 is 1.20 bits per heavy atom. The minimum absolute atomic E-state index is 0.0113. The summed E-state index contributed by atoms with van der Waals surface area (Å²) in [5.74, 6) is -1.39. The molecule has 1 fully saturated rings. The molecule has 1 saturated carbocycles. The van der Waals surface area contributed by atoms with Gasteiger partial charge in [0.1, 0.15) is 11.5 Å². The fourth-order valence-electron chi connectivity index (χ4n) is 4.12. The van der Waals surface area contributed by atoms with E-state index < -0.39 is 0 Å². The molecular formula is C16H14O4. The molecule has 4 nitrogen and oxygen atoms in total. The van der Waals surface area contributed by atoms with Gasteiger partial charge in [0, 0.05) is 11.8 Å². The average molecular weight is 270 g/mol.